The number of hydrogen-bond acceptors (Lipinski definition) is 3. The fourth-order valence-corrected chi connectivity index (χ4v) is 0.964. The van der Waals surface area contributed by atoms with Gasteiger partial charge in [0, 0.05) is 6.42 Å². The van der Waals surface area contributed by atoms with Gasteiger partial charge in [-0.05, 0) is 41.5 Å². The Balaban J connectivity index is 3.70. The third-order valence-corrected chi connectivity index (χ3v) is 1.25. The summed E-state index contributed by atoms with van der Waals surface area (Å²) in [6.45, 7) is 11.1. The van der Waals surface area contributed by atoms with E-state index in [4.69, 9.17) is 9.78 Å². The minimum absolute atomic E-state index is 0.0979. The molecule has 80 valence electrons. The van der Waals surface area contributed by atoms with E-state index in [1.807, 2.05) is 27.7 Å². The van der Waals surface area contributed by atoms with Gasteiger partial charge in [0.1, 0.15) is 0 Å². The molecule has 0 spiro atoms. The van der Waals surface area contributed by atoms with E-state index in [2.05, 4.69) is 0 Å². The van der Waals surface area contributed by atoms with E-state index in [0.717, 1.165) is 0 Å². The Morgan fingerprint density at radius 1 is 1.15 bits per heavy atom. The SMILES string of the molecule is CC(CC(C)(C)O)OOC(C)(C)C. The number of aliphatic hydroxyl groups is 1. The summed E-state index contributed by atoms with van der Waals surface area (Å²) >= 11 is 0. The van der Waals surface area contributed by atoms with Crippen molar-refractivity contribution in [3.63, 3.8) is 0 Å². The molecule has 0 bridgehead atoms. The van der Waals surface area contributed by atoms with Crippen molar-refractivity contribution in [2.45, 2.75) is 65.3 Å². The highest BCUT2D eigenvalue weighted by atomic mass is 17.2. The summed E-state index contributed by atoms with van der Waals surface area (Å²) in [7, 11) is 0. The normalized spacial score (nSPS) is 15.9. The van der Waals surface area contributed by atoms with Crippen molar-refractivity contribution < 1.29 is 14.9 Å². The highest BCUT2D eigenvalue weighted by Crippen LogP contribution is 2.16. The van der Waals surface area contributed by atoms with Gasteiger partial charge in [-0.1, -0.05) is 0 Å². The Kier molecular flexibility index (Phi) is 4.36. The lowest BCUT2D eigenvalue weighted by Crippen LogP contribution is -2.29. The summed E-state index contributed by atoms with van der Waals surface area (Å²) in [6.07, 6.45) is 0.461. The van der Waals surface area contributed by atoms with Crippen LogP contribution in [-0.4, -0.2) is 22.4 Å². The molecule has 0 aromatic rings. The Morgan fingerprint density at radius 3 is 1.92 bits per heavy atom. The van der Waals surface area contributed by atoms with Gasteiger partial charge >= 0.3 is 0 Å². The van der Waals surface area contributed by atoms with Crippen molar-refractivity contribution in [3.8, 4) is 0 Å². The summed E-state index contributed by atoms with van der Waals surface area (Å²) in [5.74, 6) is 0. The molecule has 0 aliphatic rings. The second-order valence-corrected chi connectivity index (χ2v) is 5.12. The smallest absolute Gasteiger partial charge is 0.0952 e. The molecule has 1 N–H and O–H groups in total. The molecule has 0 amide bonds. The van der Waals surface area contributed by atoms with Gasteiger partial charge in [-0.15, -0.1) is 0 Å². The van der Waals surface area contributed by atoms with Crippen LogP contribution in [0.3, 0.4) is 0 Å². The molecular weight excluding hydrogens is 168 g/mol. The Hall–Kier alpha value is -0.120. The van der Waals surface area contributed by atoms with Crippen LogP contribution in [0.25, 0.3) is 0 Å². The molecule has 0 saturated heterocycles. The van der Waals surface area contributed by atoms with E-state index in [-0.39, 0.29) is 11.7 Å². The molecule has 0 aromatic carbocycles. The maximum Gasteiger partial charge on any atom is 0.0952 e. The van der Waals surface area contributed by atoms with Gasteiger partial charge in [-0.3, -0.25) is 0 Å². The van der Waals surface area contributed by atoms with Crippen molar-refractivity contribution in [2.75, 3.05) is 0 Å². The predicted molar refractivity (Wildman–Crippen MR) is 52.3 cm³/mol. The molecule has 0 aliphatic heterocycles. The van der Waals surface area contributed by atoms with Crippen LogP contribution < -0.4 is 0 Å². The molecule has 0 fully saturated rings. The van der Waals surface area contributed by atoms with Crippen molar-refractivity contribution in [2.24, 2.45) is 0 Å². The van der Waals surface area contributed by atoms with E-state index >= 15 is 0 Å². The minimum Gasteiger partial charge on any atom is -0.390 e. The second kappa shape index (κ2) is 4.40. The van der Waals surface area contributed by atoms with E-state index in [1.165, 1.54) is 0 Å². The van der Waals surface area contributed by atoms with Crippen molar-refractivity contribution in [3.05, 3.63) is 0 Å². The maximum absolute atomic E-state index is 9.48. The molecule has 3 heteroatoms. The van der Waals surface area contributed by atoms with Crippen LogP contribution in [-0.2, 0) is 9.78 Å². The summed E-state index contributed by atoms with van der Waals surface area (Å²) in [5.41, 5.74) is -1.01. The average molecular weight is 190 g/mol. The van der Waals surface area contributed by atoms with Crippen LogP contribution in [0.4, 0.5) is 0 Å². The summed E-state index contributed by atoms with van der Waals surface area (Å²) in [4.78, 5) is 10.2. The summed E-state index contributed by atoms with van der Waals surface area (Å²) in [5, 5.41) is 9.48. The first-order valence-corrected chi connectivity index (χ1v) is 4.67. The van der Waals surface area contributed by atoms with Crippen LogP contribution in [0.15, 0.2) is 0 Å². The van der Waals surface area contributed by atoms with Crippen molar-refractivity contribution in [1.82, 2.24) is 0 Å². The third kappa shape index (κ3) is 9.80. The fraction of sp³-hybridized carbons (Fsp3) is 1.00. The van der Waals surface area contributed by atoms with E-state index < -0.39 is 5.60 Å². The van der Waals surface area contributed by atoms with Gasteiger partial charge < -0.3 is 5.11 Å². The highest BCUT2D eigenvalue weighted by molar-refractivity contribution is 4.68. The van der Waals surface area contributed by atoms with Gasteiger partial charge in [0.25, 0.3) is 0 Å². The standard InChI is InChI=1S/C10H22O3/c1-8(7-10(5,6)11)12-13-9(2,3)4/h8,11H,7H2,1-6H3. The molecule has 0 rings (SSSR count). The maximum atomic E-state index is 9.48. The molecular formula is C10H22O3. The Morgan fingerprint density at radius 2 is 1.62 bits per heavy atom. The molecule has 0 aliphatic carbocycles. The minimum atomic E-state index is -0.708. The third-order valence-electron chi connectivity index (χ3n) is 1.25. The van der Waals surface area contributed by atoms with Crippen LogP contribution >= 0.6 is 0 Å². The lowest BCUT2D eigenvalue weighted by molar-refractivity contribution is -0.373. The van der Waals surface area contributed by atoms with Gasteiger partial charge in [-0.25, -0.2) is 9.78 Å². The van der Waals surface area contributed by atoms with Crippen LogP contribution in [0.5, 0.6) is 0 Å². The van der Waals surface area contributed by atoms with Crippen molar-refractivity contribution >= 4 is 0 Å². The van der Waals surface area contributed by atoms with Crippen LogP contribution in [0, 0.1) is 0 Å². The molecule has 1 atom stereocenters. The van der Waals surface area contributed by atoms with Gasteiger partial charge in [0.2, 0.25) is 0 Å². The average Bonchev–Trinajstić information content (AvgIpc) is 1.78. The first kappa shape index (κ1) is 12.9. The van der Waals surface area contributed by atoms with E-state index in [0.29, 0.717) is 6.42 Å². The lowest BCUT2D eigenvalue weighted by atomic mass is 10.0. The Labute approximate surface area is 81.0 Å². The topological polar surface area (TPSA) is 38.7 Å². The summed E-state index contributed by atoms with van der Waals surface area (Å²) < 4.78 is 0. The molecule has 0 radical (unpaired) electrons. The molecule has 13 heavy (non-hydrogen) atoms. The predicted octanol–water partition coefficient (Wildman–Crippen LogP) is 2.28. The quantitative estimate of drug-likeness (QED) is 0.546. The van der Waals surface area contributed by atoms with E-state index in [9.17, 15) is 5.11 Å². The molecule has 0 heterocycles. The summed E-state index contributed by atoms with van der Waals surface area (Å²) in [6, 6.07) is 0. The first-order chi connectivity index (χ1) is 5.60. The molecule has 0 aromatic heterocycles. The highest BCUT2D eigenvalue weighted by Gasteiger charge is 2.20. The van der Waals surface area contributed by atoms with Gasteiger partial charge in [0.05, 0.1) is 17.3 Å². The zero-order valence-electron chi connectivity index (χ0n) is 9.55. The zero-order valence-corrected chi connectivity index (χ0v) is 9.55. The number of rotatable bonds is 4. The fourth-order valence-electron chi connectivity index (χ4n) is 0.964. The van der Waals surface area contributed by atoms with Gasteiger partial charge in [-0.2, -0.15) is 0 Å². The molecule has 3 nitrogen and oxygen atoms in total. The monoisotopic (exact) mass is 190 g/mol. The lowest BCUT2D eigenvalue weighted by Gasteiger charge is -2.25. The molecule has 1 unspecified atom stereocenters. The van der Waals surface area contributed by atoms with Crippen LogP contribution in [0.1, 0.15) is 48.0 Å². The zero-order chi connectivity index (χ0) is 10.7. The second-order valence-electron chi connectivity index (χ2n) is 5.12. The first-order valence-electron chi connectivity index (χ1n) is 4.67. The molecule has 0 saturated carbocycles. The number of hydrogen-bond donors (Lipinski definition) is 1. The van der Waals surface area contributed by atoms with E-state index in [1.54, 1.807) is 13.8 Å². The van der Waals surface area contributed by atoms with Gasteiger partial charge in [0.15, 0.2) is 0 Å². The van der Waals surface area contributed by atoms with Crippen molar-refractivity contribution in [1.29, 1.82) is 0 Å². The Bertz CT molecular complexity index is 141. The van der Waals surface area contributed by atoms with Crippen LogP contribution in [0.2, 0.25) is 0 Å². The largest absolute Gasteiger partial charge is 0.390 e.